The molecule has 2 aromatic rings. The van der Waals surface area contributed by atoms with Crippen molar-refractivity contribution in [2.45, 2.75) is 6.54 Å². The summed E-state index contributed by atoms with van der Waals surface area (Å²) < 4.78 is 11.4. The molecular formula is C14H9BrCl3NO2. The fourth-order valence-electron chi connectivity index (χ4n) is 2.02. The van der Waals surface area contributed by atoms with E-state index < -0.39 is 0 Å². The Morgan fingerprint density at radius 1 is 1.00 bits per heavy atom. The fraction of sp³-hybridized carbons (Fsp3) is 0.143. The van der Waals surface area contributed by atoms with Crippen LogP contribution in [-0.4, -0.2) is 6.79 Å². The zero-order valence-corrected chi connectivity index (χ0v) is 14.4. The lowest BCUT2D eigenvalue weighted by Gasteiger charge is -2.12. The topological polar surface area (TPSA) is 30.5 Å². The molecule has 0 aromatic heterocycles. The molecule has 1 N–H and O–H groups in total. The summed E-state index contributed by atoms with van der Waals surface area (Å²) >= 11 is 21.8. The minimum absolute atomic E-state index is 0.191. The molecular weight excluding hydrogens is 400 g/mol. The zero-order valence-electron chi connectivity index (χ0n) is 10.6. The lowest BCUT2D eigenvalue weighted by Crippen LogP contribution is -2.01. The van der Waals surface area contributed by atoms with Gasteiger partial charge in [-0.25, -0.2) is 0 Å². The summed E-state index contributed by atoms with van der Waals surface area (Å²) in [6.07, 6.45) is 0. The molecule has 0 saturated carbocycles. The lowest BCUT2D eigenvalue weighted by molar-refractivity contribution is 0.174. The van der Waals surface area contributed by atoms with E-state index in [0.717, 1.165) is 10.0 Å². The van der Waals surface area contributed by atoms with Crippen molar-refractivity contribution in [2.24, 2.45) is 0 Å². The second-order valence-corrected chi connectivity index (χ2v) is 6.55. The maximum atomic E-state index is 6.18. The third-order valence-corrected chi connectivity index (χ3v) is 4.30. The molecule has 0 saturated heterocycles. The van der Waals surface area contributed by atoms with Crippen LogP contribution in [0.2, 0.25) is 15.1 Å². The molecule has 0 fully saturated rings. The third kappa shape index (κ3) is 3.19. The van der Waals surface area contributed by atoms with E-state index in [1.54, 1.807) is 12.1 Å². The molecule has 110 valence electrons. The van der Waals surface area contributed by atoms with Gasteiger partial charge in [-0.3, -0.25) is 0 Å². The number of anilines is 1. The van der Waals surface area contributed by atoms with E-state index in [4.69, 9.17) is 44.3 Å². The van der Waals surface area contributed by atoms with Crippen LogP contribution in [0, 0.1) is 0 Å². The van der Waals surface area contributed by atoms with Crippen molar-refractivity contribution in [1.82, 2.24) is 0 Å². The van der Waals surface area contributed by atoms with Crippen molar-refractivity contribution in [3.63, 3.8) is 0 Å². The van der Waals surface area contributed by atoms with Crippen LogP contribution < -0.4 is 14.8 Å². The molecule has 21 heavy (non-hydrogen) atoms. The minimum atomic E-state index is 0.191. The van der Waals surface area contributed by atoms with Gasteiger partial charge in [-0.15, -0.1) is 0 Å². The van der Waals surface area contributed by atoms with Crippen molar-refractivity contribution in [3.8, 4) is 11.5 Å². The van der Waals surface area contributed by atoms with Crippen LogP contribution in [0.15, 0.2) is 28.7 Å². The van der Waals surface area contributed by atoms with Crippen molar-refractivity contribution >= 4 is 56.4 Å². The largest absolute Gasteiger partial charge is 0.454 e. The summed E-state index contributed by atoms with van der Waals surface area (Å²) in [7, 11) is 0. The van der Waals surface area contributed by atoms with E-state index in [-0.39, 0.29) is 6.79 Å². The molecule has 1 aliphatic heterocycles. The molecule has 2 aromatic carbocycles. The first-order valence-corrected chi connectivity index (χ1v) is 7.93. The van der Waals surface area contributed by atoms with Crippen LogP contribution in [0.5, 0.6) is 11.5 Å². The molecule has 1 heterocycles. The standard InChI is InChI=1S/C14H9BrCl3NO2/c15-8-3-9(16)13(10(17)4-8)19-5-7-1-11(18)14-12(2-7)20-6-21-14/h1-4,19H,5-6H2. The normalized spacial score (nSPS) is 12.6. The maximum absolute atomic E-state index is 6.18. The quantitative estimate of drug-likeness (QED) is 0.700. The number of nitrogens with one attached hydrogen (secondary N) is 1. The first-order chi connectivity index (χ1) is 10.0. The van der Waals surface area contributed by atoms with E-state index in [0.29, 0.717) is 38.8 Å². The smallest absolute Gasteiger partial charge is 0.231 e. The number of hydrogen-bond acceptors (Lipinski definition) is 3. The highest BCUT2D eigenvalue weighted by Gasteiger charge is 2.18. The van der Waals surface area contributed by atoms with Crippen molar-refractivity contribution in [3.05, 3.63) is 49.4 Å². The van der Waals surface area contributed by atoms with Gasteiger partial charge in [0.2, 0.25) is 6.79 Å². The van der Waals surface area contributed by atoms with E-state index in [2.05, 4.69) is 21.2 Å². The van der Waals surface area contributed by atoms with Gasteiger partial charge < -0.3 is 14.8 Å². The highest BCUT2D eigenvalue weighted by molar-refractivity contribution is 9.10. The molecule has 1 aliphatic rings. The monoisotopic (exact) mass is 407 g/mol. The van der Waals surface area contributed by atoms with E-state index in [9.17, 15) is 0 Å². The summed E-state index contributed by atoms with van der Waals surface area (Å²) in [6.45, 7) is 0.702. The highest BCUT2D eigenvalue weighted by Crippen LogP contribution is 2.40. The number of halogens is 4. The van der Waals surface area contributed by atoms with E-state index >= 15 is 0 Å². The number of fused-ring (bicyclic) bond motifs is 1. The summed E-state index contributed by atoms with van der Waals surface area (Å²) in [6, 6.07) is 7.26. The van der Waals surface area contributed by atoms with Gasteiger partial charge in [0.05, 0.1) is 20.8 Å². The van der Waals surface area contributed by atoms with Crippen LogP contribution >= 0.6 is 50.7 Å². The van der Waals surface area contributed by atoms with Gasteiger partial charge in [0, 0.05) is 11.0 Å². The second-order valence-electron chi connectivity index (χ2n) is 4.41. The van der Waals surface area contributed by atoms with Crippen molar-refractivity contribution in [2.75, 3.05) is 12.1 Å². The van der Waals surface area contributed by atoms with Gasteiger partial charge in [-0.05, 0) is 29.8 Å². The van der Waals surface area contributed by atoms with Crippen LogP contribution in [0.1, 0.15) is 5.56 Å². The summed E-state index contributed by atoms with van der Waals surface area (Å²) in [5.74, 6) is 1.23. The first-order valence-electron chi connectivity index (χ1n) is 6.01. The van der Waals surface area contributed by atoms with Gasteiger partial charge in [-0.1, -0.05) is 50.7 Å². The Morgan fingerprint density at radius 3 is 2.43 bits per heavy atom. The number of hydrogen-bond donors (Lipinski definition) is 1. The predicted octanol–water partition coefficient (Wildman–Crippen LogP) is 5.75. The average Bonchev–Trinajstić information content (AvgIpc) is 2.86. The molecule has 0 unspecified atom stereocenters. The van der Waals surface area contributed by atoms with Crippen LogP contribution in [0.25, 0.3) is 0 Å². The van der Waals surface area contributed by atoms with E-state index in [1.807, 2.05) is 12.1 Å². The number of benzene rings is 2. The van der Waals surface area contributed by atoms with Crippen molar-refractivity contribution < 1.29 is 9.47 Å². The van der Waals surface area contributed by atoms with Crippen LogP contribution in [0.4, 0.5) is 5.69 Å². The molecule has 7 heteroatoms. The number of ether oxygens (including phenoxy) is 2. The van der Waals surface area contributed by atoms with Gasteiger partial charge >= 0.3 is 0 Å². The van der Waals surface area contributed by atoms with Crippen LogP contribution in [0.3, 0.4) is 0 Å². The Balaban J connectivity index is 1.81. The Bertz CT molecular complexity index is 686. The summed E-state index contributed by atoms with van der Waals surface area (Å²) in [5.41, 5.74) is 1.62. The molecule has 0 bridgehead atoms. The predicted molar refractivity (Wildman–Crippen MR) is 89.1 cm³/mol. The van der Waals surface area contributed by atoms with Crippen molar-refractivity contribution in [1.29, 1.82) is 0 Å². The minimum Gasteiger partial charge on any atom is -0.454 e. The number of rotatable bonds is 3. The van der Waals surface area contributed by atoms with Gasteiger partial charge in [0.1, 0.15) is 0 Å². The second kappa shape index (κ2) is 6.13. The highest BCUT2D eigenvalue weighted by atomic mass is 79.9. The van der Waals surface area contributed by atoms with E-state index in [1.165, 1.54) is 0 Å². The van der Waals surface area contributed by atoms with Gasteiger partial charge in [-0.2, -0.15) is 0 Å². The summed E-state index contributed by atoms with van der Waals surface area (Å²) in [4.78, 5) is 0. The molecule has 3 rings (SSSR count). The Labute approximate surface area is 145 Å². The summed E-state index contributed by atoms with van der Waals surface area (Å²) in [5, 5.41) is 4.81. The van der Waals surface area contributed by atoms with Gasteiger partial charge in [0.25, 0.3) is 0 Å². The Hall–Kier alpha value is -0.810. The Kier molecular flexibility index (Phi) is 4.41. The molecule has 0 spiro atoms. The van der Waals surface area contributed by atoms with Gasteiger partial charge in [0.15, 0.2) is 11.5 Å². The Morgan fingerprint density at radius 2 is 1.71 bits per heavy atom. The zero-order chi connectivity index (χ0) is 15.0. The molecule has 0 radical (unpaired) electrons. The average molecular weight is 409 g/mol. The molecule has 0 amide bonds. The molecule has 0 aliphatic carbocycles. The molecule has 3 nitrogen and oxygen atoms in total. The first kappa shape index (κ1) is 15.1. The fourth-order valence-corrected chi connectivity index (χ4v) is 3.65. The lowest BCUT2D eigenvalue weighted by atomic mass is 10.2. The maximum Gasteiger partial charge on any atom is 0.231 e. The SMILES string of the molecule is Clc1cc(Br)cc(Cl)c1NCc1cc(Cl)c2c(c1)OCO2. The molecule has 0 atom stereocenters. The third-order valence-electron chi connectivity index (χ3n) is 2.96. The van der Waals surface area contributed by atoms with Crippen LogP contribution in [-0.2, 0) is 6.54 Å².